The van der Waals surface area contributed by atoms with Crippen molar-refractivity contribution in [2.45, 2.75) is 38.7 Å². The second-order valence-electron chi connectivity index (χ2n) is 4.06. The molecule has 0 unspecified atom stereocenters. The van der Waals surface area contributed by atoms with Gasteiger partial charge in [0.25, 0.3) is 0 Å². The lowest BCUT2D eigenvalue weighted by molar-refractivity contribution is -0.139. The molecule has 0 radical (unpaired) electrons. The van der Waals surface area contributed by atoms with Crippen molar-refractivity contribution in [3.8, 4) is 0 Å². The summed E-state index contributed by atoms with van der Waals surface area (Å²) in [6.07, 6.45) is -4.73. The minimum absolute atomic E-state index is 0.101. The second-order valence-corrected chi connectivity index (χ2v) is 9.18. The van der Waals surface area contributed by atoms with E-state index in [1.807, 2.05) is 0 Å². The highest BCUT2D eigenvalue weighted by molar-refractivity contribution is 6.77. The fourth-order valence-corrected chi connectivity index (χ4v) is 2.55. The van der Waals surface area contributed by atoms with Crippen molar-refractivity contribution in [3.05, 3.63) is 0 Å². The average molecular weight is 228 g/mol. The first-order chi connectivity index (χ1) is 6.12. The van der Waals surface area contributed by atoms with E-state index >= 15 is 0 Å². The molecule has 0 amide bonds. The largest absolute Gasteiger partial charge is 0.470 e. The molecule has 0 rings (SSSR count). The summed E-state index contributed by atoms with van der Waals surface area (Å²) in [6, 6.07) is 0.101. The summed E-state index contributed by atoms with van der Waals surface area (Å²) in [4.78, 5) is 10.5. The Bertz CT molecular complexity index is 201. The fourth-order valence-electron chi connectivity index (χ4n) is 0.849. The first-order valence-electron chi connectivity index (χ1n) is 4.32. The molecular formula is C8H15F3O2Si. The van der Waals surface area contributed by atoms with Gasteiger partial charge in [-0.2, -0.15) is 13.2 Å². The fraction of sp³-hybridized carbons (Fsp3) is 0.875. The van der Waals surface area contributed by atoms with E-state index in [1.165, 1.54) is 6.92 Å². The van der Waals surface area contributed by atoms with Crippen molar-refractivity contribution in [1.82, 2.24) is 0 Å². The Morgan fingerprint density at radius 3 is 2.21 bits per heavy atom. The van der Waals surface area contributed by atoms with E-state index in [4.69, 9.17) is 4.74 Å². The molecule has 0 fully saturated rings. The number of carbonyl (C=O) groups is 1. The van der Waals surface area contributed by atoms with Gasteiger partial charge in [0, 0.05) is 13.3 Å². The Morgan fingerprint density at radius 1 is 1.36 bits per heavy atom. The Hall–Kier alpha value is -0.523. The number of ether oxygens (including phenoxy) is 1. The Kier molecular flexibility index (Phi) is 4.63. The summed E-state index contributed by atoms with van der Waals surface area (Å²) in [5.41, 5.74) is 0. The lowest BCUT2D eigenvalue weighted by Gasteiger charge is -2.21. The first kappa shape index (κ1) is 13.5. The molecule has 0 atom stereocenters. The van der Waals surface area contributed by atoms with Crippen molar-refractivity contribution in [2.24, 2.45) is 0 Å². The number of alkyl halides is 3. The quantitative estimate of drug-likeness (QED) is 0.546. The maximum atomic E-state index is 11.9. The van der Waals surface area contributed by atoms with Gasteiger partial charge in [-0.1, -0.05) is 13.1 Å². The molecule has 0 aromatic rings. The number of hydrogen-bond acceptors (Lipinski definition) is 2. The summed E-state index contributed by atoms with van der Waals surface area (Å²) in [7, 11) is -2.04. The lowest BCUT2D eigenvalue weighted by Crippen LogP contribution is -2.35. The minimum Gasteiger partial charge on any atom is -0.470 e. The smallest absolute Gasteiger partial charge is 0.388 e. The maximum Gasteiger partial charge on any atom is 0.388 e. The monoisotopic (exact) mass is 228 g/mol. The molecule has 0 bridgehead atoms. The molecule has 0 aromatic heterocycles. The van der Waals surface area contributed by atoms with Crippen molar-refractivity contribution in [2.75, 3.05) is 6.23 Å². The molecule has 0 saturated heterocycles. The average Bonchev–Trinajstić information content (AvgIpc) is 1.97. The molecule has 2 nitrogen and oxygen atoms in total. The summed E-state index contributed by atoms with van der Waals surface area (Å²) in [6.45, 7) is 4.82. The van der Waals surface area contributed by atoms with E-state index < -0.39 is 26.6 Å². The van der Waals surface area contributed by atoms with Crippen LogP contribution in [0.3, 0.4) is 0 Å². The van der Waals surface area contributed by atoms with Crippen molar-refractivity contribution in [1.29, 1.82) is 0 Å². The summed E-state index contributed by atoms with van der Waals surface area (Å²) < 4.78 is 40.4. The van der Waals surface area contributed by atoms with E-state index in [1.54, 1.807) is 13.1 Å². The molecule has 84 valence electrons. The van der Waals surface area contributed by atoms with Gasteiger partial charge >= 0.3 is 12.1 Å². The van der Waals surface area contributed by atoms with Gasteiger partial charge in [-0.05, 0) is 6.04 Å². The van der Waals surface area contributed by atoms with Crippen LogP contribution >= 0.6 is 0 Å². The molecule has 0 aliphatic rings. The highest BCUT2D eigenvalue weighted by Crippen LogP contribution is 2.26. The van der Waals surface area contributed by atoms with Crippen LogP contribution in [-0.2, 0) is 9.53 Å². The van der Waals surface area contributed by atoms with Gasteiger partial charge in [-0.3, -0.25) is 4.79 Å². The predicted octanol–water partition coefficient (Wildman–Crippen LogP) is 2.75. The van der Waals surface area contributed by atoms with E-state index in [9.17, 15) is 18.0 Å². The molecule has 0 aromatic carbocycles. The van der Waals surface area contributed by atoms with Crippen LogP contribution in [-0.4, -0.2) is 26.4 Å². The molecule has 0 aliphatic carbocycles. The van der Waals surface area contributed by atoms with Crippen molar-refractivity contribution in [3.63, 3.8) is 0 Å². The van der Waals surface area contributed by atoms with Crippen LogP contribution < -0.4 is 0 Å². The number of carbonyl (C=O) groups excluding carboxylic acids is 1. The summed E-state index contributed by atoms with van der Waals surface area (Å²) >= 11 is 0. The van der Waals surface area contributed by atoms with E-state index in [0.717, 1.165) is 0 Å². The summed E-state index contributed by atoms with van der Waals surface area (Å²) in [5.74, 6) is -0.433. The topological polar surface area (TPSA) is 26.3 Å². The Balaban J connectivity index is 3.89. The van der Waals surface area contributed by atoms with Gasteiger partial charge < -0.3 is 4.74 Å². The zero-order valence-corrected chi connectivity index (χ0v) is 9.57. The zero-order chi connectivity index (χ0) is 11.4. The molecule has 0 spiro atoms. The second kappa shape index (κ2) is 4.81. The number of hydrogen-bond donors (Lipinski definition) is 0. The number of halogens is 3. The molecule has 0 heterocycles. The minimum atomic E-state index is -4.11. The molecule has 6 heteroatoms. The highest BCUT2D eigenvalue weighted by Gasteiger charge is 2.32. The normalized spacial score (nSPS) is 12.7. The third-order valence-electron chi connectivity index (χ3n) is 1.75. The van der Waals surface area contributed by atoms with E-state index in [2.05, 4.69) is 0 Å². The van der Waals surface area contributed by atoms with Gasteiger partial charge in [0.15, 0.2) is 0 Å². The SMILES string of the molecule is CC(=O)OC[Si](C)(C)CCC(F)(F)F. The van der Waals surface area contributed by atoms with Gasteiger partial charge in [0.1, 0.15) is 0 Å². The lowest BCUT2D eigenvalue weighted by atomic mass is 10.5. The zero-order valence-electron chi connectivity index (χ0n) is 8.57. The molecule has 0 saturated carbocycles. The van der Waals surface area contributed by atoms with Crippen molar-refractivity contribution >= 4 is 14.0 Å². The predicted molar refractivity (Wildman–Crippen MR) is 49.6 cm³/mol. The van der Waals surface area contributed by atoms with Gasteiger partial charge in [-0.25, -0.2) is 0 Å². The highest BCUT2D eigenvalue weighted by atomic mass is 28.3. The van der Waals surface area contributed by atoms with Crippen LogP contribution in [0.25, 0.3) is 0 Å². The van der Waals surface area contributed by atoms with Gasteiger partial charge in [0.2, 0.25) is 0 Å². The van der Waals surface area contributed by atoms with E-state index in [0.29, 0.717) is 0 Å². The van der Waals surface area contributed by atoms with Crippen molar-refractivity contribution < 1.29 is 22.7 Å². The molecule has 0 N–H and O–H groups in total. The Labute approximate surface area is 82.4 Å². The van der Waals surface area contributed by atoms with Gasteiger partial charge in [0.05, 0.1) is 14.3 Å². The van der Waals surface area contributed by atoms with Crippen LogP contribution in [0.1, 0.15) is 13.3 Å². The third kappa shape index (κ3) is 8.09. The number of esters is 1. The van der Waals surface area contributed by atoms with Crippen LogP contribution in [0.5, 0.6) is 0 Å². The maximum absolute atomic E-state index is 11.9. The van der Waals surface area contributed by atoms with Gasteiger partial charge in [-0.15, -0.1) is 0 Å². The van der Waals surface area contributed by atoms with Crippen LogP contribution in [0.15, 0.2) is 0 Å². The summed E-state index contributed by atoms with van der Waals surface area (Å²) in [5, 5.41) is 0. The van der Waals surface area contributed by atoms with Crippen LogP contribution in [0, 0.1) is 0 Å². The first-order valence-corrected chi connectivity index (χ1v) is 7.74. The molecule has 14 heavy (non-hydrogen) atoms. The standard InChI is InChI=1S/C8H15F3O2Si/c1-7(12)13-6-14(2,3)5-4-8(9,10)11/h4-6H2,1-3H3. The number of rotatable bonds is 4. The third-order valence-corrected chi connectivity index (χ3v) is 4.28. The molecular weight excluding hydrogens is 213 g/mol. The molecule has 0 aliphatic heterocycles. The Morgan fingerprint density at radius 2 is 1.86 bits per heavy atom. The van der Waals surface area contributed by atoms with E-state index in [-0.39, 0.29) is 12.3 Å². The van der Waals surface area contributed by atoms with Crippen LogP contribution in [0.2, 0.25) is 19.1 Å². The van der Waals surface area contributed by atoms with Crippen LogP contribution in [0.4, 0.5) is 13.2 Å².